The summed E-state index contributed by atoms with van der Waals surface area (Å²) in [6.07, 6.45) is 1.68. The van der Waals surface area contributed by atoms with Crippen LogP contribution in [-0.2, 0) is 0 Å². The lowest BCUT2D eigenvalue weighted by molar-refractivity contribution is 1.08. The molecule has 0 fully saturated rings. The Morgan fingerprint density at radius 3 is 2.80 bits per heavy atom. The van der Waals surface area contributed by atoms with Crippen molar-refractivity contribution in [3.63, 3.8) is 0 Å². The smallest absolute Gasteiger partial charge is 0.129 e. The molecule has 15 heavy (non-hydrogen) atoms. The quantitative estimate of drug-likeness (QED) is 0.759. The molecule has 0 amide bonds. The van der Waals surface area contributed by atoms with Crippen molar-refractivity contribution >= 4 is 22.9 Å². The fourth-order valence-electron chi connectivity index (χ4n) is 1.29. The Hall–Kier alpha value is -1.68. The van der Waals surface area contributed by atoms with E-state index in [1.807, 2.05) is 37.3 Å². The molecule has 1 aromatic carbocycles. The molecule has 76 valence electrons. The van der Waals surface area contributed by atoms with Gasteiger partial charge < -0.3 is 5.32 Å². The van der Waals surface area contributed by atoms with Crippen molar-refractivity contribution < 1.29 is 0 Å². The predicted octanol–water partition coefficient (Wildman–Crippen LogP) is 2.51. The SMILES string of the molecule is Cc1ccccc1NC(=S)c1ccn[nH]1. The molecule has 2 N–H and O–H groups in total. The van der Waals surface area contributed by atoms with Crippen molar-refractivity contribution in [1.82, 2.24) is 10.2 Å². The molecule has 0 aliphatic carbocycles. The number of rotatable bonds is 2. The van der Waals surface area contributed by atoms with Gasteiger partial charge in [-0.1, -0.05) is 30.4 Å². The van der Waals surface area contributed by atoms with E-state index in [9.17, 15) is 0 Å². The van der Waals surface area contributed by atoms with Gasteiger partial charge in [-0.3, -0.25) is 5.10 Å². The number of thiocarbonyl (C=S) groups is 1. The van der Waals surface area contributed by atoms with Crippen molar-refractivity contribution in [3.8, 4) is 0 Å². The average molecular weight is 217 g/mol. The van der Waals surface area contributed by atoms with Gasteiger partial charge in [0, 0.05) is 11.9 Å². The second-order valence-electron chi connectivity index (χ2n) is 3.24. The molecule has 2 aromatic rings. The van der Waals surface area contributed by atoms with Crippen LogP contribution in [0, 0.1) is 6.92 Å². The van der Waals surface area contributed by atoms with Gasteiger partial charge in [0.05, 0.1) is 5.69 Å². The zero-order valence-electron chi connectivity index (χ0n) is 8.32. The highest BCUT2D eigenvalue weighted by molar-refractivity contribution is 7.81. The molecule has 0 aliphatic heterocycles. The van der Waals surface area contributed by atoms with Crippen LogP contribution in [0.3, 0.4) is 0 Å². The summed E-state index contributed by atoms with van der Waals surface area (Å²) in [5.41, 5.74) is 3.02. The Balaban J connectivity index is 2.17. The maximum absolute atomic E-state index is 5.23. The summed E-state index contributed by atoms with van der Waals surface area (Å²) in [6.45, 7) is 2.04. The third kappa shape index (κ3) is 2.22. The predicted molar refractivity (Wildman–Crippen MR) is 65.1 cm³/mol. The fraction of sp³-hybridized carbons (Fsp3) is 0.0909. The number of aromatic nitrogens is 2. The molecule has 0 saturated carbocycles. The van der Waals surface area contributed by atoms with Crippen molar-refractivity contribution in [3.05, 3.63) is 47.8 Å². The van der Waals surface area contributed by atoms with Crippen LogP contribution in [0.1, 0.15) is 11.3 Å². The van der Waals surface area contributed by atoms with Crippen molar-refractivity contribution in [2.24, 2.45) is 0 Å². The number of H-pyrrole nitrogens is 1. The van der Waals surface area contributed by atoms with Gasteiger partial charge >= 0.3 is 0 Å². The first-order valence-electron chi connectivity index (χ1n) is 4.64. The number of para-hydroxylation sites is 1. The Morgan fingerprint density at radius 1 is 1.33 bits per heavy atom. The first-order chi connectivity index (χ1) is 7.27. The van der Waals surface area contributed by atoms with E-state index in [-0.39, 0.29) is 0 Å². The van der Waals surface area contributed by atoms with Gasteiger partial charge in [-0.05, 0) is 24.6 Å². The summed E-state index contributed by atoms with van der Waals surface area (Å²) in [4.78, 5) is 0.654. The maximum Gasteiger partial charge on any atom is 0.129 e. The molecule has 4 heteroatoms. The topological polar surface area (TPSA) is 40.7 Å². The fourth-order valence-corrected chi connectivity index (χ4v) is 1.51. The van der Waals surface area contributed by atoms with E-state index in [4.69, 9.17) is 12.2 Å². The van der Waals surface area contributed by atoms with Gasteiger partial charge in [0.2, 0.25) is 0 Å². The normalized spacial score (nSPS) is 9.93. The highest BCUT2D eigenvalue weighted by atomic mass is 32.1. The third-order valence-corrected chi connectivity index (χ3v) is 2.46. The lowest BCUT2D eigenvalue weighted by atomic mass is 10.2. The molecule has 2 rings (SSSR count). The van der Waals surface area contributed by atoms with Gasteiger partial charge in [0.15, 0.2) is 0 Å². The largest absolute Gasteiger partial charge is 0.345 e. The van der Waals surface area contributed by atoms with Crippen LogP contribution in [-0.4, -0.2) is 15.2 Å². The number of aromatic amines is 1. The molecule has 0 radical (unpaired) electrons. The van der Waals surface area contributed by atoms with E-state index in [1.54, 1.807) is 6.20 Å². The van der Waals surface area contributed by atoms with Crippen LogP contribution >= 0.6 is 12.2 Å². The molecular formula is C11H11N3S. The number of nitrogens with one attached hydrogen (secondary N) is 2. The summed E-state index contributed by atoms with van der Waals surface area (Å²) in [6, 6.07) is 9.86. The lowest BCUT2D eigenvalue weighted by Crippen LogP contribution is -2.11. The van der Waals surface area contributed by atoms with Gasteiger partial charge in [-0.2, -0.15) is 5.10 Å². The van der Waals surface area contributed by atoms with Crippen LogP contribution in [0.4, 0.5) is 5.69 Å². The van der Waals surface area contributed by atoms with Crippen LogP contribution in [0.25, 0.3) is 0 Å². The number of aryl methyl sites for hydroxylation is 1. The van der Waals surface area contributed by atoms with Crippen molar-refractivity contribution in [2.45, 2.75) is 6.92 Å². The van der Waals surface area contributed by atoms with E-state index < -0.39 is 0 Å². The van der Waals surface area contributed by atoms with Gasteiger partial charge in [0.1, 0.15) is 4.99 Å². The van der Waals surface area contributed by atoms with E-state index in [0.717, 1.165) is 11.4 Å². The highest BCUT2D eigenvalue weighted by Crippen LogP contribution is 2.14. The molecule has 1 heterocycles. The monoisotopic (exact) mass is 217 g/mol. The highest BCUT2D eigenvalue weighted by Gasteiger charge is 2.03. The second kappa shape index (κ2) is 4.23. The molecule has 0 bridgehead atoms. The zero-order valence-corrected chi connectivity index (χ0v) is 9.14. The Kier molecular flexibility index (Phi) is 2.78. The van der Waals surface area contributed by atoms with Gasteiger partial charge in [0.25, 0.3) is 0 Å². The molecule has 0 unspecified atom stereocenters. The Labute approximate surface area is 93.5 Å². The number of benzene rings is 1. The van der Waals surface area contributed by atoms with Gasteiger partial charge in [-0.15, -0.1) is 0 Å². The summed E-state index contributed by atoms with van der Waals surface area (Å²) in [5.74, 6) is 0. The van der Waals surface area contributed by atoms with Crippen LogP contribution in [0.2, 0.25) is 0 Å². The van der Waals surface area contributed by atoms with E-state index in [0.29, 0.717) is 4.99 Å². The number of anilines is 1. The second-order valence-corrected chi connectivity index (χ2v) is 3.65. The molecule has 0 saturated heterocycles. The van der Waals surface area contributed by atoms with E-state index in [1.165, 1.54) is 5.56 Å². The summed E-state index contributed by atoms with van der Waals surface area (Å²) >= 11 is 5.23. The molecule has 0 atom stereocenters. The van der Waals surface area contributed by atoms with Crippen molar-refractivity contribution in [1.29, 1.82) is 0 Å². The molecule has 0 spiro atoms. The Morgan fingerprint density at radius 2 is 2.13 bits per heavy atom. The van der Waals surface area contributed by atoms with Crippen LogP contribution < -0.4 is 5.32 Å². The van der Waals surface area contributed by atoms with E-state index >= 15 is 0 Å². The molecule has 3 nitrogen and oxygen atoms in total. The first-order valence-corrected chi connectivity index (χ1v) is 5.04. The minimum Gasteiger partial charge on any atom is -0.345 e. The number of hydrogen-bond donors (Lipinski definition) is 2. The van der Waals surface area contributed by atoms with E-state index in [2.05, 4.69) is 15.5 Å². The van der Waals surface area contributed by atoms with Gasteiger partial charge in [-0.25, -0.2) is 0 Å². The lowest BCUT2D eigenvalue weighted by Gasteiger charge is -2.08. The number of nitrogens with zero attached hydrogens (tertiary/aromatic N) is 1. The first kappa shape index (κ1) is 9.86. The summed E-state index contributed by atoms with van der Waals surface area (Å²) in [5, 5.41) is 9.85. The molecule has 0 aliphatic rings. The summed E-state index contributed by atoms with van der Waals surface area (Å²) < 4.78 is 0. The minimum atomic E-state index is 0.654. The minimum absolute atomic E-state index is 0.654. The Bertz CT molecular complexity index is 462. The zero-order chi connectivity index (χ0) is 10.7. The molecular weight excluding hydrogens is 206 g/mol. The molecule has 1 aromatic heterocycles. The van der Waals surface area contributed by atoms with Crippen LogP contribution in [0.5, 0.6) is 0 Å². The summed E-state index contributed by atoms with van der Waals surface area (Å²) in [7, 11) is 0. The standard InChI is InChI=1S/C11H11N3S/c1-8-4-2-3-5-9(8)13-11(15)10-6-7-12-14-10/h2-7H,1H3,(H,12,14)(H,13,15). The maximum atomic E-state index is 5.23. The number of hydrogen-bond acceptors (Lipinski definition) is 2. The average Bonchev–Trinajstić information content (AvgIpc) is 2.74. The third-order valence-electron chi connectivity index (χ3n) is 2.14. The van der Waals surface area contributed by atoms with Crippen molar-refractivity contribution in [2.75, 3.05) is 5.32 Å². The van der Waals surface area contributed by atoms with Crippen LogP contribution in [0.15, 0.2) is 36.5 Å².